The lowest BCUT2D eigenvalue weighted by Crippen LogP contribution is -2.31. The van der Waals surface area contributed by atoms with Gasteiger partial charge in [0.1, 0.15) is 0 Å². The van der Waals surface area contributed by atoms with Gasteiger partial charge < -0.3 is 10.1 Å². The molecule has 1 N–H and O–H groups in total. The van der Waals surface area contributed by atoms with Crippen molar-refractivity contribution in [3.8, 4) is 17.1 Å². The first kappa shape index (κ1) is 19.3. The second kappa shape index (κ2) is 8.94. The molecule has 0 fully saturated rings. The number of nitrogens with one attached hydrogen (secondary N) is 1. The molecular formula is C21H22N4O3. The van der Waals surface area contributed by atoms with Gasteiger partial charge in [0.2, 0.25) is 0 Å². The van der Waals surface area contributed by atoms with E-state index in [0.29, 0.717) is 18.3 Å². The lowest BCUT2D eigenvalue weighted by Gasteiger charge is -2.07. The van der Waals surface area contributed by atoms with Crippen molar-refractivity contribution >= 4 is 11.9 Å². The number of aromatic nitrogens is 3. The summed E-state index contributed by atoms with van der Waals surface area (Å²) >= 11 is 0. The van der Waals surface area contributed by atoms with E-state index < -0.39 is 5.97 Å². The summed E-state index contributed by atoms with van der Waals surface area (Å²) in [6.07, 6.45) is 0. The molecule has 0 saturated heterocycles. The van der Waals surface area contributed by atoms with Crippen LogP contribution >= 0.6 is 0 Å². The number of ether oxygens (including phenoxy) is 1. The number of carbonyl (C=O) groups is 2. The van der Waals surface area contributed by atoms with Gasteiger partial charge >= 0.3 is 5.97 Å². The Balaban J connectivity index is 1.81. The fraction of sp³-hybridized carbons (Fsp3) is 0.238. The molecule has 7 heteroatoms. The van der Waals surface area contributed by atoms with Crippen molar-refractivity contribution < 1.29 is 14.3 Å². The van der Waals surface area contributed by atoms with Crippen molar-refractivity contribution in [3.63, 3.8) is 0 Å². The summed E-state index contributed by atoms with van der Waals surface area (Å²) in [5.41, 5.74) is 1.58. The molecule has 0 radical (unpaired) electrons. The maximum Gasteiger partial charge on any atom is 0.378 e. The zero-order chi connectivity index (χ0) is 19.9. The highest BCUT2D eigenvalue weighted by Crippen LogP contribution is 2.21. The van der Waals surface area contributed by atoms with Crippen LogP contribution in [0.25, 0.3) is 17.1 Å². The van der Waals surface area contributed by atoms with E-state index in [2.05, 4.69) is 15.4 Å². The number of hydrogen-bond acceptors (Lipinski definition) is 5. The Morgan fingerprint density at radius 1 is 1.04 bits per heavy atom. The summed E-state index contributed by atoms with van der Waals surface area (Å²) in [6.45, 7) is 4.12. The molecule has 1 heterocycles. The Bertz CT molecular complexity index is 880. The van der Waals surface area contributed by atoms with E-state index in [-0.39, 0.29) is 18.3 Å². The van der Waals surface area contributed by atoms with Gasteiger partial charge in [-0.2, -0.15) is 0 Å². The van der Waals surface area contributed by atoms with Crippen LogP contribution in [-0.2, 0) is 9.53 Å². The Morgan fingerprint density at radius 3 is 2.32 bits per heavy atom. The smallest absolute Gasteiger partial charge is 0.378 e. The Hall–Kier alpha value is -3.48. The van der Waals surface area contributed by atoms with Crippen LogP contribution in [0.5, 0.6) is 0 Å². The fourth-order valence-corrected chi connectivity index (χ4v) is 2.49. The van der Waals surface area contributed by atoms with E-state index in [1.54, 1.807) is 4.68 Å². The molecule has 0 saturated carbocycles. The summed E-state index contributed by atoms with van der Waals surface area (Å²) in [5.74, 6) is -0.363. The topological polar surface area (TPSA) is 86.1 Å². The van der Waals surface area contributed by atoms with Crippen LogP contribution in [0.3, 0.4) is 0 Å². The van der Waals surface area contributed by atoms with Gasteiger partial charge in [0.15, 0.2) is 12.4 Å². The minimum absolute atomic E-state index is 0.0978. The molecule has 0 aliphatic carbocycles. The maximum absolute atomic E-state index is 12.4. The monoisotopic (exact) mass is 378 g/mol. The molecule has 0 spiro atoms. The molecule has 0 aliphatic heterocycles. The van der Waals surface area contributed by atoms with Gasteiger partial charge in [0.05, 0.1) is 5.69 Å². The van der Waals surface area contributed by atoms with Crippen LogP contribution in [0.1, 0.15) is 24.5 Å². The van der Waals surface area contributed by atoms with E-state index in [9.17, 15) is 9.59 Å². The lowest BCUT2D eigenvalue weighted by molar-refractivity contribution is -0.124. The predicted molar refractivity (Wildman–Crippen MR) is 105 cm³/mol. The number of hydrogen-bond donors (Lipinski definition) is 1. The lowest BCUT2D eigenvalue weighted by atomic mass is 10.2. The molecule has 1 aromatic heterocycles. The molecule has 2 aromatic carbocycles. The molecule has 7 nitrogen and oxygen atoms in total. The fourth-order valence-electron chi connectivity index (χ4n) is 2.49. The van der Waals surface area contributed by atoms with Crippen LogP contribution in [0.2, 0.25) is 0 Å². The van der Waals surface area contributed by atoms with Crippen LogP contribution < -0.4 is 5.32 Å². The first-order valence-electron chi connectivity index (χ1n) is 9.06. The number of nitrogens with zero attached hydrogens (tertiary/aromatic N) is 3. The number of para-hydroxylation sites is 1. The standard InChI is InChI=1S/C21H22N4O3/c1-15(2)13-22-18(26)14-28-21(27)19-23-20(16-9-5-3-6-10-16)25(24-19)17-11-7-4-8-12-17/h3-12,15H,13-14H2,1-2H3,(H,22,26). The van der Waals surface area contributed by atoms with Crippen molar-refractivity contribution in [1.29, 1.82) is 0 Å². The number of rotatable bonds is 7. The van der Waals surface area contributed by atoms with Crippen LogP contribution in [0.15, 0.2) is 60.7 Å². The molecular weight excluding hydrogens is 356 g/mol. The van der Waals surface area contributed by atoms with Gasteiger partial charge in [-0.05, 0) is 18.1 Å². The molecule has 1 amide bonds. The van der Waals surface area contributed by atoms with E-state index in [4.69, 9.17) is 4.74 Å². The predicted octanol–water partition coefficient (Wildman–Crippen LogP) is 2.86. The average Bonchev–Trinajstić information content (AvgIpc) is 3.17. The Morgan fingerprint density at radius 2 is 1.68 bits per heavy atom. The third-order valence-corrected chi connectivity index (χ3v) is 3.86. The molecule has 0 bridgehead atoms. The number of benzene rings is 2. The largest absolute Gasteiger partial charge is 0.450 e. The highest BCUT2D eigenvalue weighted by atomic mass is 16.5. The zero-order valence-corrected chi connectivity index (χ0v) is 15.8. The van der Waals surface area contributed by atoms with Crippen LogP contribution in [-0.4, -0.2) is 39.8 Å². The molecule has 144 valence electrons. The number of carbonyl (C=O) groups excluding carboxylic acids is 2. The summed E-state index contributed by atoms with van der Waals surface area (Å²) in [6, 6.07) is 18.8. The van der Waals surface area contributed by atoms with Gasteiger partial charge in [-0.3, -0.25) is 4.79 Å². The summed E-state index contributed by atoms with van der Waals surface area (Å²) in [5, 5.41) is 7.00. The third-order valence-electron chi connectivity index (χ3n) is 3.86. The van der Waals surface area contributed by atoms with Crippen molar-refractivity contribution in [2.45, 2.75) is 13.8 Å². The molecule has 0 atom stereocenters. The Kier molecular flexibility index (Phi) is 6.16. The van der Waals surface area contributed by atoms with E-state index in [0.717, 1.165) is 11.3 Å². The summed E-state index contributed by atoms with van der Waals surface area (Å²) in [7, 11) is 0. The third kappa shape index (κ3) is 4.82. The molecule has 3 rings (SSSR count). The van der Waals surface area contributed by atoms with E-state index >= 15 is 0 Å². The van der Waals surface area contributed by atoms with Crippen molar-refractivity contribution in [3.05, 3.63) is 66.5 Å². The van der Waals surface area contributed by atoms with E-state index in [1.807, 2.05) is 74.5 Å². The molecule has 28 heavy (non-hydrogen) atoms. The highest BCUT2D eigenvalue weighted by molar-refractivity contribution is 5.88. The van der Waals surface area contributed by atoms with Crippen molar-refractivity contribution in [1.82, 2.24) is 20.1 Å². The maximum atomic E-state index is 12.4. The van der Waals surface area contributed by atoms with Gasteiger partial charge in [-0.25, -0.2) is 14.5 Å². The van der Waals surface area contributed by atoms with Crippen LogP contribution in [0.4, 0.5) is 0 Å². The highest BCUT2D eigenvalue weighted by Gasteiger charge is 2.20. The second-order valence-electron chi connectivity index (χ2n) is 6.65. The molecule has 0 aliphatic rings. The Labute approximate surface area is 163 Å². The molecule has 0 unspecified atom stereocenters. The summed E-state index contributed by atoms with van der Waals surface area (Å²) in [4.78, 5) is 28.5. The van der Waals surface area contributed by atoms with Gasteiger partial charge in [-0.15, -0.1) is 5.10 Å². The van der Waals surface area contributed by atoms with Crippen molar-refractivity contribution in [2.75, 3.05) is 13.2 Å². The second-order valence-corrected chi connectivity index (χ2v) is 6.65. The van der Waals surface area contributed by atoms with Gasteiger partial charge in [-0.1, -0.05) is 62.4 Å². The zero-order valence-electron chi connectivity index (χ0n) is 15.8. The average molecular weight is 378 g/mol. The minimum Gasteiger partial charge on any atom is -0.450 e. The summed E-state index contributed by atoms with van der Waals surface area (Å²) < 4.78 is 6.66. The van der Waals surface area contributed by atoms with Gasteiger partial charge in [0.25, 0.3) is 11.7 Å². The minimum atomic E-state index is -0.744. The number of esters is 1. The van der Waals surface area contributed by atoms with Gasteiger partial charge in [0, 0.05) is 12.1 Å². The van der Waals surface area contributed by atoms with Crippen molar-refractivity contribution in [2.24, 2.45) is 5.92 Å². The van der Waals surface area contributed by atoms with Crippen LogP contribution in [0, 0.1) is 5.92 Å². The quantitative estimate of drug-likeness (QED) is 0.639. The SMILES string of the molecule is CC(C)CNC(=O)COC(=O)c1nc(-c2ccccc2)n(-c2ccccc2)n1. The first-order chi connectivity index (χ1) is 13.5. The number of amides is 1. The first-order valence-corrected chi connectivity index (χ1v) is 9.06. The van der Waals surface area contributed by atoms with E-state index in [1.165, 1.54) is 0 Å². The normalized spacial score (nSPS) is 10.7. The molecule has 3 aromatic rings.